The summed E-state index contributed by atoms with van der Waals surface area (Å²) in [6.45, 7) is 5.64. The molecule has 1 aliphatic rings. The molecule has 0 saturated heterocycles. The third-order valence-electron chi connectivity index (χ3n) is 3.18. The zero-order valence-electron chi connectivity index (χ0n) is 10.4. The zero-order chi connectivity index (χ0) is 13.5. The lowest BCUT2D eigenvalue weighted by atomic mass is 9.79. The summed E-state index contributed by atoms with van der Waals surface area (Å²) >= 11 is 3.46. The van der Waals surface area contributed by atoms with E-state index in [-0.39, 0.29) is 0 Å². The van der Waals surface area contributed by atoms with Crippen molar-refractivity contribution in [3.05, 3.63) is 33.8 Å². The molecule has 1 aromatic carbocycles. The van der Waals surface area contributed by atoms with Gasteiger partial charge in [0.1, 0.15) is 0 Å². The van der Waals surface area contributed by atoms with Gasteiger partial charge in [-0.25, -0.2) is 4.79 Å². The summed E-state index contributed by atoms with van der Waals surface area (Å²) in [4.78, 5) is 16.1. The number of hydrogen-bond donors (Lipinski definition) is 1. The number of rotatable bonds is 2. The summed E-state index contributed by atoms with van der Waals surface area (Å²) in [6, 6.07) is 5.82. The molecular weight excluding hydrogens is 298 g/mol. The quantitative estimate of drug-likeness (QED) is 0.913. The van der Waals surface area contributed by atoms with E-state index in [4.69, 9.17) is 9.94 Å². The van der Waals surface area contributed by atoms with E-state index in [2.05, 4.69) is 21.1 Å². The van der Waals surface area contributed by atoms with Crippen LogP contribution in [-0.4, -0.2) is 22.9 Å². The van der Waals surface area contributed by atoms with Crippen molar-refractivity contribution < 1.29 is 14.7 Å². The number of benzene rings is 1. The standard InChI is InChI=1S/C13H14BrNO3/c1-7-4-5-8(6-9(7)14)10-13(2,3)11(12(16)17)18-15-10/h4-6,11H,1-3H3,(H,16,17). The van der Waals surface area contributed by atoms with Crippen LogP contribution in [0.5, 0.6) is 0 Å². The first kappa shape index (κ1) is 13.1. The number of nitrogens with zero attached hydrogens (tertiary/aromatic N) is 1. The maximum atomic E-state index is 11.1. The number of aliphatic carboxylic acids is 1. The lowest BCUT2D eigenvalue weighted by Gasteiger charge is -2.22. The highest BCUT2D eigenvalue weighted by molar-refractivity contribution is 9.10. The van der Waals surface area contributed by atoms with Gasteiger partial charge in [0.2, 0.25) is 6.10 Å². The number of hydrogen-bond acceptors (Lipinski definition) is 3. The second-order valence-electron chi connectivity index (χ2n) is 4.95. The second kappa shape index (κ2) is 4.39. The molecule has 0 fully saturated rings. The molecule has 1 aliphatic heterocycles. The summed E-state index contributed by atoms with van der Waals surface area (Å²) in [5.74, 6) is -0.995. The van der Waals surface area contributed by atoms with Gasteiger partial charge in [-0.1, -0.05) is 33.2 Å². The number of halogens is 1. The Kier molecular flexibility index (Phi) is 3.19. The highest BCUT2D eigenvalue weighted by Crippen LogP contribution is 2.35. The fraction of sp³-hybridized carbons (Fsp3) is 0.385. The van der Waals surface area contributed by atoms with E-state index < -0.39 is 17.5 Å². The summed E-state index contributed by atoms with van der Waals surface area (Å²) in [5.41, 5.74) is 2.00. The van der Waals surface area contributed by atoms with Crippen molar-refractivity contribution in [2.45, 2.75) is 26.9 Å². The molecule has 0 bridgehead atoms. The number of carboxylic acid groups (broad SMARTS) is 1. The van der Waals surface area contributed by atoms with Gasteiger partial charge >= 0.3 is 5.97 Å². The highest BCUT2D eigenvalue weighted by atomic mass is 79.9. The average Bonchev–Trinajstić information content (AvgIpc) is 2.58. The minimum Gasteiger partial charge on any atom is -0.478 e. The number of oxime groups is 1. The molecule has 1 atom stereocenters. The topological polar surface area (TPSA) is 58.9 Å². The van der Waals surface area contributed by atoms with E-state index in [0.717, 1.165) is 15.6 Å². The van der Waals surface area contributed by atoms with E-state index in [9.17, 15) is 4.79 Å². The van der Waals surface area contributed by atoms with Crippen LogP contribution in [0.3, 0.4) is 0 Å². The summed E-state index contributed by atoms with van der Waals surface area (Å²) in [7, 11) is 0. The molecule has 0 aliphatic carbocycles. The summed E-state index contributed by atoms with van der Waals surface area (Å²) < 4.78 is 0.970. The SMILES string of the molecule is Cc1ccc(C2=NOC(C(=O)O)C2(C)C)cc1Br. The van der Waals surface area contributed by atoms with Crippen LogP contribution in [0.25, 0.3) is 0 Å². The molecule has 1 unspecified atom stereocenters. The van der Waals surface area contributed by atoms with E-state index in [1.807, 2.05) is 39.0 Å². The minimum atomic E-state index is -0.995. The molecule has 1 N–H and O–H groups in total. The van der Waals surface area contributed by atoms with Gasteiger partial charge in [-0.05, 0) is 32.4 Å². The Hall–Kier alpha value is -1.36. The lowest BCUT2D eigenvalue weighted by Crippen LogP contribution is -2.38. The molecule has 1 heterocycles. The Balaban J connectivity index is 2.40. The van der Waals surface area contributed by atoms with Crippen molar-refractivity contribution in [3.8, 4) is 0 Å². The Bertz CT molecular complexity index is 537. The lowest BCUT2D eigenvalue weighted by molar-refractivity contribution is -0.152. The average molecular weight is 312 g/mol. The first-order valence-electron chi connectivity index (χ1n) is 5.57. The van der Waals surface area contributed by atoms with Crippen molar-refractivity contribution in [2.24, 2.45) is 10.6 Å². The van der Waals surface area contributed by atoms with E-state index in [1.54, 1.807) is 0 Å². The second-order valence-corrected chi connectivity index (χ2v) is 5.80. The summed E-state index contributed by atoms with van der Waals surface area (Å²) in [5, 5.41) is 13.1. The van der Waals surface area contributed by atoms with Gasteiger partial charge < -0.3 is 9.94 Å². The predicted octanol–water partition coefficient (Wildman–Crippen LogP) is 2.97. The molecule has 0 aromatic heterocycles. The van der Waals surface area contributed by atoms with Crippen LogP contribution >= 0.6 is 15.9 Å². The molecule has 2 rings (SSSR count). The van der Waals surface area contributed by atoms with Crippen molar-refractivity contribution in [1.82, 2.24) is 0 Å². The molecule has 0 saturated carbocycles. The van der Waals surface area contributed by atoms with Crippen LogP contribution < -0.4 is 0 Å². The van der Waals surface area contributed by atoms with E-state index >= 15 is 0 Å². The minimum absolute atomic E-state index is 0.652. The third-order valence-corrected chi connectivity index (χ3v) is 4.04. The van der Waals surface area contributed by atoms with Crippen molar-refractivity contribution in [3.63, 3.8) is 0 Å². The van der Waals surface area contributed by atoms with Crippen molar-refractivity contribution in [1.29, 1.82) is 0 Å². The molecule has 1 aromatic rings. The molecular formula is C13H14BrNO3. The van der Waals surface area contributed by atoms with Gasteiger partial charge in [-0.15, -0.1) is 0 Å². The third kappa shape index (κ3) is 2.03. The Morgan fingerprint density at radius 2 is 2.17 bits per heavy atom. The first-order valence-corrected chi connectivity index (χ1v) is 6.37. The van der Waals surface area contributed by atoms with E-state index in [1.165, 1.54) is 0 Å². The van der Waals surface area contributed by atoms with Crippen LogP contribution in [0.2, 0.25) is 0 Å². The first-order chi connectivity index (χ1) is 8.34. The van der Waals surface area contributed by atoms with E-state index in [0.29, 0.717) is 5.71 Å². The van der Waals surface area contributed by atoms with Crippen molar-refractivity contribution >= 4 is 27.6 Å². The predicted molar refractivity (Wildman–Crippen MR) is 71.7 cm³/mol. The van der Waals surface area contributed by atoms with Crippen LogP contribution in [-0.2, 0) is 9.63 Å². The summed E-state index contributed by atoms with van der Waals surface area (Å²) in [6.07, 6.45) is -0.937. The van der Waals surface area contributed by atoms with Crippen molar-refractivity contribution in [2.75, 3.05) is 0 Å². The normalized spacial score (nSPS) is 21.3. The molecule has 4 nitrogen and oxygen atoms in total. The fourth-order valence-electron chi connectivity index (χ4n) is 2.00. The van der Waals surface area contributed by atoms with Gasteiger partial charge in [0.25, 0.3) is 0 Å². The zero-order valence-corrected chi connectivity index (χ0v) is 12.0. The van der Waals surface area contributed by atoms with Gasteiger partial charge in [-0.3, -0.25) is 0 Å². The van der Waals surface area contributed by atoms with Crippen LogP contribution in [0, 0.1) is 12.3 Å². The Morgan fingerprint density at radius 3 is 2.67 bits per heavy atom. The Labute approximate surface area is 114 Å². The maximum absolute atomic E-state index is 11.1. The number of carboxylic acids is 1. The van der Waals surface area contributed by atoms with Gasteiger partial charge in [0, 0.05) is 10.0 Å². The maximum Gasteiger partial charge on any atom is 0.348 e. The molecule has 18 heavy (non-hydrogen) atoms. The molecule has 0 radical (unpaired) electrons. The molecule has 96 valence electrons. The van der Waals surface area contributed by atoms with Gasteiger partial charge in [-0.2, -0.15) is 0 Å². The molecule has 0 spiro atoms. The largest absolute Gasteiger partial charge is 0.478 e. The van der Waals surface area contributed by atoms with Crippen LogP contribution in [0.1, 0.15) is 25.0 Å². The molecule has 0 amide bonds. The number of aryl methyl sites for hydroxylation is 1. The highest BCUT2D eigenvalue weighted by Gasteiger charge is 2.47. The van der Waals surface area contributed by atoms with Gasteiger partial charge in [0.15, 0.2) is 0 Å². The van der Waals surface area contributed by atoms with Gasteiger partial charge in [0.05, 0.1) is 11.1 Å². The molecule has 5 heteroatoms. The smallest absolute Gasteiger partial charge is 0.348 e. The van der Waals surface area contributed by atoms with Crippen LogP contribution in [0.15, 0.2) is 27.8 Å². The van der Waals surface area contributed by atoms with Crippen LogP contribution in [0.4, 0.5) is 0 Å². The Morgan fingerprint density at radius 1 is 1.50 bits per heavy atom. The number of carbonyl (C=O) groups is 1. The fourth-order valence-corrected chi connectivity index (χ4v) is 2.38. The monoisotopic (exact) mass is 311 g/mol.